The van der Waals surface area contributed by atoms with Crippen LogP contribution in [0.15, 0.2) is 24.3 Å². The zero-order valence-corrected chi connectivity index (χ0v) is 9.29. The third kappa shape index (κ3) is 2.23. The highest BCUT2D eigenvalue weighted by molar-refractivity contribution is 5.58. The van der Waals surface area contributed by atoms with Crippen molar-refractivity contribution in [1.29, 1.82) is 0 Å². The van der Waals surface area contributed by atoms with E-state index in [-0.39, 0.29) is 6.10 Å². The predicted octanol–water partition coefficient (Wildman–Crippen LogP) is 1.86. The molecule has 0 bridgehead atoms. The van der Waals surface area contributed by atoms with E-state index in [1.54, 1.807) is 0 Å². The topological polar surface area (TPSA) is 33.3 Å². The smallest absolute Gasteiger partial charge is 0.142 e. The highest BCUT2D eigenvalue weighted by atomic mass is 16.5. The van der Waals surface area contributed by atoms with Crippen molar-refractivity contribution >= 4 is 5.69 Å². The lowest BCUT2D eigenvalue weighted by Crippen LogP contribution is -2.40. The van der Waals surface area contributed by atoms with Gasteiger partial charge in [0.15, 0.2) is 0 Å². The van der Waals surface area contributed by atoms with Gasteiger partial charge in [-0.2, -0.15) is 0 Å². The lowest BCUT2D eigenvalue weighted by molar-refractivity contribution is 0.165. The van der Waals surface area contributed by atoms with E-state index in [1.807, 2.05) is 25.2 Å². The summed E-state index contributed by atoms with van der Waals surface area (Å²) in [5.74, 6) is 0.969. The normalized spacial score (nSPS) is 23.9. The second-order valence-electron chi connectivity index (χ2n) is 3.98. The number of fused-ring (bicyclic) bond motifs is 1. The largest absolute Gasteiger partial charge is 0.486 e. The molecule has 1 aliphatic rings. The summed E-state index contributed by atoms with van der Waals surface area (Å²) < 4.78 is 5.94. The van der Waals surface area contributed by atoms with Crippen LogP contribution in [0.1, 0.15) is 13.3 Å². The van der Waals surface area contributed by atoms with E-state index < -0.39 is 0 Å². The minimum atomic E-state index is 0.257. The lowest BCUT2D eigenvalue weighted by atomic mass is 10.1. The van der Waals surface area contributed by atoms with Crippen molar-refractivity contribution in [2.45, 2.75) is 25.5 Å². The van der Waals surface area contributed by atoms with Crippen LogP contribution in [0.2, 0.25) is 0 Å². The van der Waals surface area contributed by atoms with Gasteiger partial charge in [0.2, 0.25) is 0 Å². The lowest BCUT2D eigenvalue weighted by Gasteiger charge is -2.33. The Morgan fingerprint density at radius 1 is 1.40 bits per heavy atom. The van der Waals surface area contributed by atoms with Gasteiger partial charge in [-0.15, -0.1) is 0 Å². The van der Waals surface area contributed by atoms with Gasteiger partial charge in [-0.05, 0) is 39.1 Å². The Kier molecular flexibility index (Phi) is 3.11. The SMILES string of the molecule is CNCCC1Oc2ccccc2NC1C. The molecule has 1 aliphatic heterocycles. The molecule has 0 spiro atoms. The molecule has 2 N–H and O–H groups in total. The first-order valence-corrected chi connectivity index (χ1v) is 5.48. The van der Waals surface area contributed by atoms with Gasteiger partial charge >= 0.3 is 0 Å². The van der Waals surface area contributed by atoms with Gasteiger partial charge in [-0.25, -0.2) is 0 Å². The van der Waals surface area contributed by atoms with E-state index >= 15 is 0 Å². The number of anilines is 1. The van der Waals surface area contributed by atoms with Gasteiger partial charge in [0.05, 0.1) is 11.7 Å². The Balaban J connectivity index is 2.08. The van der Waals surface area contributed by atoms with E-state index in [0.29, 0.717) is 6.04 Å². The number of ether oxygens (including phenoxy) is 1. The molecular formula is C12H18N2O. The van der Waals surface area contributed by atoms with Crippen LogP contribution in [0.3, 0.4) is 0 Å². The Labute approximate surface area is 90.8 Å². The molecule has 0 fully saturated rings. The standard InChI is InChI=1S/C12H18N2O/c1-9-11(7-8-13-2)15-12-6-4-3-5-10(12)14-9/h3-6,9,11,13-14H,7-8H2,1-2H3. The van der Waals surface area contributed by atoms with Crippen molar-refractivity contribution in [1.82, 2.24) is 5.32 Å². The fourth-order valence-electron chi connectivity index (χ4n) is 1.89. The molecule has 1 aromatic carbocycles. The fourth-order valence-corrected chi connectivity index (χ4v) is 1.89. The Bertz CT molecular complexity index is 327. The van der Waals surface area contributed by atoms with Crippen LogP contribution >= 0.6 is 0 Å². The highest BCUT2D eigenvalue weighted by Gasteiger charge is 2.24. The molecule has 0 amide bonds. The highest BCUT2D eigenvalue weighted by Crippen LogP contribution is 2.31. The van der Waals surface area contributed by atoms with E-state index in [0.717, 1.165) is 24.4 Å². The molecular weight excluding hydrogens is 188 g/mol. The van der Waals surface area contributed by atoms with Crippen LogP contribution < -0.4 is 15.4 Å². The number of benzene rings is 1. The number of nitrogens with one attached hydrogen (secondary N) is 2. The monoisotopic (exact) mass is 206 g/mol. The fraction of sp³-hybridized carbons (Fsp3) is 0.500. The zero-order chi connectivity index (χ0) is 10.7. The van der Waals surface area contributed by atoms with Gasteiger partial charge in [-0.1, -0.05) is 12.1 Å². The second-order valence-corrected chi connectivity index (χ2v) is 3.98. The van der Waals surface area contributed by atoms with Crippen molar-refractivity contribution in [3.63, 3.8) is 0 Å². The molecule has 0 saturated heterocycles. The Hall–Kier alpha value is -1.22. The first-order valence-electron chi connectivity index (χ1n) is 5.48. The molecule has 3 nitrogen and oxygen atoms in total. The van der Waals surface area contributed by atoms with Crippen molar-refractivity contribution in [3.8, 4) is 5.75 Å². The molecule has 3 heteroatoms. The van der Waals surface area contributed by atoms with Gasteiger partial charge in [0.1, 0.15) is 11.9 Å². The quantitative estimate of drug-likeness (QED) is 0.792. The van der Waals surface area contributed by atoms with Gasteiger partial charge in [0.25, 0.3) is 0 Å². The summed E-state index contributed by atoms with van der Waals surface area (Å²) in [6.45, 7) is 3.15. The maximum absolute atomic E-state index is 5.94. The minimum Gasteiger partial charge on any atom is -0.486 e. The number of hydrogen-bond acceptors (Lipinski definition) is 3. The number of rotatable bonds is 3. The van der Waals surface area contributed by atoms with Crippen molar-refractivity contribution in [2.24, 2.45) is 0 Å². The first-order chi connectivity index (χ1) is 7.31. The number of hydrogen-bond donors (Lipinski definition) is 2. The van der Waals surface area contributed by atoms with Crippen LogP contribution in [0, 0.1) is 0 Å². The molecule has 2 rings (SSSR count). The summed E-state index contributed by atoms with van der Waals surface area (Å²) in [5, 5.41) is 6.62. The second kappa shape index (κ2) is 4.53. The van der Waals surface area contributed by atoms with Gasteiger partial charge < -0.3 is 15.4 Å². The van der Waals surface area contributed by atoms with E-state index in [4.69, 9.17) is 4.74 Å². The molecule has 15 heavy (non-hydrogen) atoms. The molecule has 0 radical (unpaired) electrons. The minimum absolute atomic E-state index is 0.257. The van der Waals surface area contributed by atoms with E-state index in [2.05, 4.69) is 23.6 Å². The molecule has 0 aromatic heterocycles. The zero-order valence-electron chi connectivity index (χ0n) is 9.29. The van der Waals surface area contributed by atoms with Crippen LogP contribution in [0.5, 0.6) is 5.75 Å². The maximum Gasteiger partial charge on any atom is 0.142 e. The van der Waals surface area contributed by atoms with E-state index in [1.165, 1.54) is 0 Å². The molecule has 1 heterocycles. The van der Waals surface area contributed by atoms with Crippen LogP contribution in [0.4, 0.5) is 5.69 Å². The summed E-state index contributed by atoms with van der Waals surface area (Å²) in [5.41, 5.74) is 1.10. The third-order valence-electron chi connectivity index (χ3n) is 2.79. The molecule has 0 aliphatic carbocycles. The summed E-state index contributed by atoms with van der Waals surface area (Å²) in [7, 11) is 1.97. The first kappa shape index (κ1) is 10.3. The Morgan fingerprint density at radius 2 is 2.20 bits per heavy atom. The van der Waals surface area contributed by atoms with Crippen LogP contribution in [-0.4, -0.2) is 25.7 Å². The van der Waals surface area contributed by atoms with Crippen LogP contribution in [0.25, 0.3) is 0 Å². The number of para-hydroxylation sites is 2. The molecule has 0 saturated carbocycles. The molecule has 1 aromatic rings. The predicted molar refractivity (Wildman–Crippen MR) is 62.5 cm³/mol. The summed E-state index contributed by atoms with van der Waals surface area (Å²) in [4.78, 5) is 0. The van der Waals surface area contributed by atoms with Gasteiger partial charge in [-0.3, -0.25) is 0 Å². The molecule has 2 atom stereocenters. The summed E-state index contributed by atoms with van der Waals surface area (Å²) in [6, 6.07) is 8.47. The average Bonchev–Trinajstić information content (AvgIpc) is 2.26. The van der Waals surface area contributed by atoms with Crippen molar-refractivity contribution < 1.29 is 4.74 Å². The summed E-state index contributed by atoms with van der Waals surface area (Å²) >= 11 is 0. The van der Waals surface area contributed by atoms with Gasteiger partial charge in [0, 0.05) is 0 Å². The average molecular weight is 206 g/mol. The van der Waals surface area contributed by atoms with Crippen molar-refractivity contribution in [2.75, 3.05) is 18.9 Å². The summed E-state index contributed by atoms with van der Waals surface area (Å²) in [6.07, 6.45) is 1.28. The van der Waals surface area contributed by atoms with Crippen LogP contribution in [-0.2, 0) is 0 Å². The van der Waals surface area contributed by atoms with E-state index in [9.17, 15) is 0 Å². The molecule has 82 valence electrons. The maximum atomic E-state index is 5.94. The van der Waals surface area contributed by atoms with Crippen molar-refractivity contribution in [3.05, 3.63) is 24.3 Å². The molecule has 2 unspecified atom stereocenters. The Morgan fingerprint density at radius 3 is 3.00 bits per heavy atom. The third-order valence-corrected chi connectivity index (χ3v) is 2.79.